The van der Waals surface area contributed by atoms with E-state index in [2.05, 4.69) is 15.2 Å². The van der Waals surface area contributed by atoms with E-state index < -0.39 is 16.8 Å². The van der Waals surface area contributed by atoms with E-state index in [0.29, 0.717) is 17.1 Å². The van der Waals surface area contributed by atoms with Crippen molar-refractivity contribution in [1.29, 1.82) is 0 Å². The summed E-state index contributed by atoms with van der Waals surface area (Å²) in [6.07, 6.45) is 2.43. The lowest BCUT2D eigenvalue weighted by atomic mass is 10.2. The third-order valence-corrected chi connectivity index (χ3v) is 4.00. The van der Waals surface area contributed by atoms with Crippen LogP contribution in [-0.4, -0.2) is 40.2 Å². The number of nitrogens with zero attached hydrogens (tertiary/aromatic N) is 3. The third-order valence-electron chi connectivity index (χ3n) is 4.00. The van der Waals surface area contributed by atoms with Crippen molar-refractivity contribution >= 4 is 17.6 Å². The van der Waals surface area contributed by atoms with Crippen molar-refractivity contribution in [3.05, 3.63) is 76.0 Å². The summed E-state index contributed by atoms with van der Waals surface area (Å²) in [5, 5.41) is 17.1. The molecule has 0 atom stereocenters. The Balaban J connectivity index is 1.46. The minimum absolute atomic E-state index is 0.0990. The van der Waals surface area contributed by atoms with Gasteiger partial charge in [-0.15, -0.1) is 0 Å². The number of ether oxygens (including phenoxy) is 2. The molecule has 1 N–H and O–H groups in total. The monoisotopic (exact) mass is 414 g/mol. The van der Waals surface area contributed by atoms with Gasteiger partial charge in [-0.2, -0.15) is 5.10 Å². The quantitative estimate of drug-likeness (QED) is 0.319. The Morgan fingerprint density at radius 1 is 1.23 bits per heavy atom. The summed E-state index contributed by atoms with van der Waals surface area (Å²) in [5.41, 5.74) is 0.295. The molecule has 3 rings (SSSR count). The highest BCUT2D eigenvalue weighted by Gasteiger charge is 2.13. The van der Waals surface area contributed by atoms with Gasteiger partial charge in [0.1, 0.15) is 30.5 Å². The predicted molar refractivity (Wildman–Crippen MR) is 102 cm³/mol. The van der Waals surface area contributed by atoms with E-state index in [0.717, 1.165) is 6.20 Å². The topological polar surface area (TPSA) is 139 Å². The van der Waals surface area contributed by atoms with Gasteiger partial charge in [-0.1, -0.05) is 0 Å². The largest absolute Gasteiger partial charge is 0.486 e. The molecule has 0 bridgehead atoms. The number of hydrogen-bond donors (Lipinski definition) is 1. The van der Waals surface area contributed by atoms with Crippen LogP contribution in [0.1, 0.15) is 26.7 Å². The molecule has 11 heteroatoms. The van der Waals surface area contributed by atoms with Gasteiger partial charge in [0.25, 0.3) is 5.91 Å². The van der Waals surface area contributed by atoms with E-state index in [1.54, 1.807) is 30.3 Å². The van der Waals surface area contributed by atoms with Gasteiger partial charge in [0.15, 0.2) is 5.76 Å². The van der Waals surface area contributed by atoms with Crippen LogP contribution in [-0.2, 0) is 17.9 Å². The molecular formula is C19H18N4O7. The molecule has 0 fully saturated rings. The molecule has 0 saturated carbocycles. The fourth-order valence-electron chi connectivity index (χ4n) is 2.48. The molecule has 3 aromatic rings. The average Bonchev–Trinajstić information content (AvgIpc) is 3.42. The van der Waals surface area contributed by atoms with Crippen LogP contribution in [0.15, 0.2) is 53.2 Å². The van der Waals surface area contributed by atoms with Gasteiger partial charge in [0.2, 0.25) is 0 Å². The Bertz CT molecular complexity index is 1040. The smallest absolute Gasteiger partial charge is 0.337 e. The van der Waals surface area contributed by atoms with E-state index in [1.165, 1.54) is 24.1 Å². The minimum Gasteiger partial charge on any atom is -0.486 e. The average molecular weight is 414 g/mol. The normalized spacial score (nSPS) is 10.4. The van der Waals surface area contributed by atoms with Crippen molar-refractivity contribution in [2.24, 2.45) is 0 Å². The Kier molecular flexibility index (Phi) is 6.42. The van der Waals surface area contributed by atoms with Crippen LogP contribution < -0.4 is 10.1 Å². The van der Waals surface area contributed by atoms with Crippen molar-refractivity contribution in [1.82, 2.24) is 15.1 Å². The lowest BCUT2D eigenvalue weighted by molar-refractivity contribution is -0.385. The van der Waals surface area contributed by atoms with Gasteiger partial charge in [0, 0.05) is 6.54 Å². The Morgan fingerprint density at radius 3 is 2.67 bits per heavy atom. The van der Waals surface area contributed by atoms with Crippen LogP contribution in [0.5, 0.6) is 5.75 Å². The number of carbonyl (C=O) groups excluding carboxylic acids is 2. The summed E-state index contributed by atoms with van der Waals surface area (Å²) in [7, 11) is 1.31. The number of benzene rings is 1. The van der Waals surface area contributed by atoms with Crippen molar-refractivity contribution in [2.45, 2.75) is 13.2 Å². The van der Waals surface area contributed by atoms with E-state index in [1.807, 2.05) is 0 Å². The molecule has 0 spiro atoms. The predicted octanol–water partition coefficient (Wildman–Crippen LogP) is 2.18. The molecule has 2 aromatic heterocycles. The molecule has 11 nitrogen and oxygen atoms in total. The number of furan rings is 1. The van der Waals surface area contributed by atoms with E-state index in [4.69, 9.17) is 9.15 Å². The lowest BCUT2D eigenvalue weighted by Crippen LogP contribution is -2.27. The van der Waals surface area contributed by atoms with Crippen LogP contribution in [0.3, 0.4) is 0 Å². The second-order valence-corrected chi connectivity index (χ2v) is 6.05. The summed E-state index contributed by atoms with van der Waals surface area (Å²) >= 11 is 0. The summed E-state index contributed by atoms with van der Waals surface area (Å²) < 4.78 is 17.0. The first-order valence-electron chi connectivity index (χ1n) is 8.81. The van der Waals surface area contributed by atoms with Gasteiger partial charge in [0.05, 0.1) is 24.1 Å². The summed E-state index contributed by atoms with van der Waals surface area (Å²) in [5.74, 6) is 0.221. The van der Waals surface area contributed by atoms with Gasteiger partial charge in [-0.05, 0) is 36.4 Å². The van der Waals surface area contributed by atoms with Crippen molar-refractivity contribution in [2.75, 3.05) is 13.7 Å². The first kappa shape index (κ1) is 20.6. The lowest BCUT2D eigenvalue weighted by Gasteiger charge is -2.05. The molecule has 0 saturated heterocycles. The number of nitrogens with one attached hydrogen (secondary N) is 1. The van der Waals surface area contributed by atoms with E-state index in [-0.39, 0.29) is 31.1 Å². The Hall–Kier alpha value is -4.15. The molecule has 1 amide bonds. The number of methoxy groups -OCH3 is 1. The first-order valence-corrected chi connectivity index (χ1v) is 8.81. The van der Waals surface area contributed by atoms with Crippen LogP contribution in [0, 0.1) is 10.1 Å². The molecule has 0 radical (unpaired) electrons. The fourth-order valence-corrected chi connectivity index (χ4v) is 2.48. The maximum Gasteiger partial charge on any atom is 0.337 e. The molecule has 156 valence electrons. The Morgan fingerprint density at radius 2 is 2.00 bits per heavy atom. The maximum absolute atomic E-state index is 12.1. The molecule has 0 aliphatic rings. The van der Waals surface area contributed by atoms with Gasteiger partial charge < -0.3 is 19.2 Å². The molecule has 0 aliphatic heterocycles. The van der Waals surface area contributed by atoms with Crippen LogP contribution in [0.2, 0.25) is 0 Å². The van der Waals surface area contributed by atoms with Crippen LogP contribution in [0.25, 0.3) is 0 Å². The zero-order valence-corrected chi connectivity index (χ0v) is 15.9. The SMILES string of the molecule is COC(=O)c1ccc(OCc2ccc(C(=O)NCCn3cc([N+](=O)[O-])cn3)o2)cc1. The zero-order chi connectivity index (χ0) is 21.5. The number of carbonyl (C=O) groups is 2. The third kappa shape index (κ3) is 5.22. The minimum atomic E-state index is -0.540. The summed E-state index contributed by atoms with van der Waals surface area (Å²) in [4.78, 5) is 33.6. The first-order chi connectivity index (χ1) is 14.5. The number of nitro groups is 1. The number of hydrogen-bond acceptors (Lipinski definition) is 8. The van der Waals surface area contributed by atoms with Crippen molar-refractivity contribution in [3.8, 4) is 5.75 Å². The zero-order valence-electron chi connectivity index (χ0n) is 15.9. The second-order valence-electron chi connectivity index (χ2n) is 6.05. The van der Waals surface area contributed by atoms with Crippen molar-refractivity contribution in [3.63, 3.8) is 0 Å². The van der Waals surface area contributed by atoms with Gasteiger partial charge in [-0.3, -0.25) is 19.6 Å². The second kappa shape index (κ2) is 9.37. The molecular weight excluding hydrogens is 396 g/mol. The van der Waals surface area contributed by atoms with E-state index in [9.17, 15) is 19.7 Å². The Labute approximate surface area is 170 Å². The maximum atomic E-state index is 12.1. The molecule has 0 unspecified atom stereocenters. The number of amides is 1. The number of rotatable bonds is 9. The highest BCUT2D eigenvalue weighted by molar-refractivity contribution is 5.91. The molecule has 1 aromatic carbocycles. The summed E-state index contributed by atoms with van der Waals surface area (Å²) in [6.45, 7) is 0.594. The highest BCUT2D eigenvalue weighted by Crippen LogP contribution is 2.16. The standard InChI is InChI=1S/C19H18N4O7/c1-28-19(25)13-2-4-15(5-3-13)29-12-16-6-7-17(30-16)18(24)20-8-9-22-11-14(10-21-22)23(26)27/h2-7,10-11H,8-9,12H2,1H3,(H,20,24). The summed E-state index contributed by atoms with van der Waals surface area (Å²) in [6, 6.07) is 9.55. The van der Waals surface area contributed by atoms with E-state index >= 15 is 0 Å². The van der Waals surface area contributed by atoms with Gasteiger partial charge in [-0.25, -0.2) is 4.79 Å². The number of esters is 1. The van der Waals surface area contributed by atoms with Crippen molar-refractivity contribution < 1.29 is 28.4 Å². The van der Waals surface area contributed by atoms with Gasteiger partial charge >= 0.3 is 11.7 Å². The molecule has 0 aliphatic carbocycles. The fraction of sp³-hybridized carbons (Fsp3) is 0.211. The molecule has 30 heavy (non-hydrogen) atoms. The van der Waals surface area contributed by atoms with Crippen LogP contribution in [0.4, 0.5) is 5.69 Å². The van der Waals surface area contributed by atoms with Crippen LogP contribution >= 0.6 is 0 Å². The number of aromatic nitrogens is 2. The molecule has 2 heterocycles. The highest BCUT2D eigenvalue weighted by atomic mass is 16.6.